The predicted octanol–water partition coefficient (Wildman–Crippen LogP) is 4.46. The van der Waals surface area contributed by atoms with Crippen LogP contribution in [-0.4, -0.2) is 12.6 Å². The van der Waals surface area contributed by atoms with Crippen LogP contribution < -0.4 is 5.32 Å². The van der Waals surface area contributed by atoms with Gasteiger partial charge in [-0.05, 0) is 24.6 Å². The molecule has 1 N–H and O–H groups in total. The van der Waals surface area contributed by atoms with E-state index in [0.29, 0.717) is 29.1 Å². The zero-order valence-electron chi connectivity index (χ0n) is 13.2. The van der Waals surface area contributed by atoms with Crippen LogP contribution in [0.25, 0.3) is 0 Å². The minimum atomic E-state index is -0.490. The Morgan fingerprint density at radius 2 is 2.00 bits per heavy atom. The smallest absolute Gasteiger partial charge is 0.407 e. The van der Waals surface area contributed by atoms with E-state index in [-0.39, 0.29) is 12.4 Å². The number of ether oxygens (including phenoxy) is 1. The molecule has 0 bridgehead atoms. The highest BCUT2D eigenvalue weighted by Gasteiger charge is 2.05. The fraction of sp³-hybridized carbons (Fsp3) is 0.211. The molecule has 0 aliphatic carbocycles. The maximum Gasteiger partial charge on any atom is 0.407 e. The maximum atomic E-state index is 13.3. The molecule has 2 aromatic carbocycles. The average Bonchev–Trinajstić information content (AvgIpc) is 2.60. The number of carbonyl (C=O) groups is 1. The van der Waals surface area contributed by atoms with Crippen LogP contribution in [0.1, 0.15) is 23.1 Å². The van der Waals surface area contributed by atoms with Gasteiger partial charge in [-0.15, -0.1) is 0 Å². The second-order valence-corrected chi connectivity index (χ2v) is 5.45. The lowest BCUT2D eigenvalue weighted by atomic mass is 10.1. The summed E-state index contributed by atoms with van der Waals surface area (Å²) in [4.78, 5) is 11.5. The number of hydrogen-bond acceptors (Lipinski definition) is 2. The molecule has 124 valence electrons. The molecule has 3 nitrogen and oxygen atoms in total. The quantitative estimate of drug-likeness (QED) is 0.656. The molecule has 0 unspecified atom stereocenters. The van der Waals surface area contributed by atoms with E-state index < -0.39 is 6.09 Å². The van der Waals surface area contributed by atoms with E-state index in [2.05, 4.69) is 17.2 Å². The van der Waals surface area contributed by atoms with Gasteiger partial charge in [-0.25, -0.2) is 9.18 Å². The van der Waals surface area contributed by atoms with Crippen molar-refractivity contribution in [2.75, 3.05) is 6.54 Å². The van der Waals surface area contributed by atoms with Gasteiger partial charge in [-0.2, -0.15) is 0 Å². The second kappa shape index (κ2) is 8.95. The summed E-state index contributed by atoms with van der Waals surface area (Å²) in [6, 6.07) is 12.3. The molecule has 0 aliphatic rings. The van der Waals surface area contributed by atoms with Gasteiger partial charge >= 0.3 is 6.09 Å². The Morgan fingerprint density at radius 1 is 1.25 bits per heavy atom. The molecule has 0 atom stereocenters. The number of hydrogen-bond donors (Lipinski definition) is 1. The van der Waals surface area contributed by atoms with Crippen molar-refractivity contribution >= 4 is 17.7 Å². The predicted molar refractivity (Wildman–Crippen MR) is 92.3 cm³/mol. The third-order valence-corrected chi connectivity index (χ3v) is 3.76. The summed E-state index contributed by atoms with van der Waals surface area (Å²) in [7, 11) is 0. The van der Waals surface area contributed by atoms with Crippen LogP contribution >= 0.6 is 11.6 Å². The second-order valence-electron chi connectivity index (χ2n) is 5.07. The molecular weight excluding hydrogens is 329 g/mol. The van der Waals surface area contributed by atoms with Crippen LogP contribution in [0.2, 0.25) is 5.02 Å². The molecule has 0 radical (unpaired) electrons. The van der Waals surface area contributed by atoms with Gasteiger partial charge < -0.3 is 10.1 Å². The van der Waals surface area contributed by atoms with Crippen molar-refractivity contribution in [3.05, 3.63) is 70.0 Å². The first-order valence-electron chi connectivity index (χ1n) is 7.46. The lowest BCUT2D eigenvalue weighted by molar-refractivity contribution is 0.140. The van der Waals surface area contributed by atoms with Gasteiger partial charge in [0, 0.05) is 24.1 Å². The van der Waals surface area contributed by atoms with E-state index in [1.54, 1.807) is 13.0 Å². The van der Waals surface area contributed by atoms with Crippen molar-refractivity contribution in [1.29, 1.82) is 0 Å². The van der Waals surface area contributed by atoms with Crippen molar-refractivity contribution in [3.63, 3.8) is 0 Å². The van der Waals surface area contributed by atoms with Crippen molar-refractivity contribution in [2.24, 2.45) is 0 Å². The third-order valence-electron chi connectivity index (χ3n) is 3.28. The van der Waals surface area contributed by atoms with E-state index in [4.69, 9.17) is 16.3 Å². The van der Waals surface area contributed by atoms with Crippen LogP contribution in [0, 0.1) is 24.6 Å². The lowest BCUT2D eigenvalue weighted by Gasteiger charge is -2.05. The largest absolute Gasteiger partial charge is 0.445 e. The van der Waals surface area contributed by atoms with Gasteiger partial charge in [-0.1, -0.05) is 53.8 Å². The van der Waals surface area contributed by atoms with Crippen molar-refractivity contribution < 1.29 is 13.9 Å². The normalized spacial score (nSPS) is 9.79. The van der Waals surface area contributed by atoms with E-state index in [0.717, 1.165) is 5.56 Å². The highest BCUT2D eigenvalue weighted by molar-refractivity contribution is 6.32. The summed E-state index contributed by atoms with van der Waals surface area (Å²) in [6.07, 6.45) is -0.0518. The monoisotopic (exact) mass is 345 g/mol. The minimum absolute atomic E-state index is 0.225. The van der Waals surface area contributed by atoms with Gasteiger partial charge in [0.1, 0.15) is 12.4 Å². The highest BCUT2D eigenvalue weighted by atomic mass is 35.5. The Bertz CT molecular complexity index is 766. The van der Waals surface area contributed by atoms with Gasteiger partial charge in [0.2, 0.25) is 0 Å². The lowest BCUT2D eigenvalue weighted by Crippen LogP contribution is -2.24. The van der Waals surface area contributed by atoms with Crippen LogP contribution in [0.15, 0.2) is 42.5 Å². The molecule has 5 heteroatoms. The molecule has 1 amide bonds. The maximum absolute atomic E-state index is 13.3. The summed E-state index contributed by atoms with van der Waals surface area (Å²) in [5.74, 6) is 5.41. The molecule has 2 aromatic rings. The van der Waals surface area contributed by atoms with Gasteiger partial charge in [0.15, 0.2) is 0 Å². The molecule has 0 saturated heterocycles. The first-order chi connectivity index (χ1) is 11.6. The van der Waals surface area contributed by atoms with Crippen molar-refractivity contribution in [3.8, 4) is 11.8 Å². The van der Waals surface area contributed by atoms with Crippen molar-refractivity contribution in [2.45, 2.75) is 20.0 Å². The number of alkyl carbamates (subject to hydrolysis) is 1. The highest BCUT2D eigenvalue weighted by Crippen LogP contribution is 2.22. The number of benzene rings is 2. The molecule has 0 saturated carbocycles. The van der Waals surface area contributed by atoms with Crippen LogP contribution in [0.3, 0.4) is 0 Å². The number of nitrogens with one attached hydrogen (secondary N) is 1. The topological polar surface area (TPSA) is 38.3 Å². The Hall–Kier alpha value is -2.51. The fourth-order valence-electron chi connectivity index (χ4n) is 1.92. The summed E-state index contributed by atoms with van der Waals surface area (Å²) in [5.41, 5.74) is 1.88. The zero-order chi connectivity index (χ0) is 17.4. The Labute approximate surface area is 145 Å². The fourth-order valence-corrected chi connectivity index (χ4v) is 2.12. The standard InChI is InChI=1S/C19H17ClFNO2/c1-14-17(21)11-10-16(18(14)20)9-5-6-12-22-19(23)24-13-15-7-3-2-4-8-15/h2-4,7-8,10-11H,6,12-13H2,1H3,(H,22,23). The number of carbonyl (C=O) groups excluding carboxylic acids is 1. The Balaban J connectivity index is 1.73. The van der Waals surface area contributed by atoms with E-state index >= 15 is 0 Å². The van der Waals surface area contributed by atoms with Crippen LogP contribution in [0.4, 0.5) is 9.18 Å². The first-order valence-corrected chi connectivity index (χ1v) is 7.83. The Morgan fingerprint density at radius 3 is 2.75 bits per heavy atom. The molecule has 2 rings (SSSR count). The minimum Gasteiger partial charge on any atom is -0.445 e. The summed E-state index contributed by atoms with van der Waals surface area (Å²) >= 11 is 6.03. The summed E-state index contributed by atoms with van der Waals surface area (Å²) in [5, 5.41) is 2.93. The average molecular weight is 346 g/mol. The van der Waals surface area contributed by atoms with E-state index in [1.807, 2.05) is 30.3 Å². The zero-order valence-corrected chi connectivity index (χ0v) is 14.0. The molecule has 0 heterocycles. The van der Waals surface area contributed by atoms with Gasteiger partial charge in [0.25, 0.3) is 0 Å². The molecule has 0 aromatic heterocycles. The number of rotatable bonds is 4. The number of halogens is 2. The SMILES string of the molecule is Cc1c(F)ccc(C#CCCNC(=O)OCc2ccccc2)c1Cl. The Kier molecular flexibility index (Phi) is 6.65. The number of amides is 1. The molecular formula is C19H17ClFNO2. The van der Waals surface area contributed by atoms with Crippen LogP contribution in [0.5, 0.6) is 0 Å². The van der Waals surface area contributed by atoms with E-state index in [9.17, 15) is 9.18 Å². The first kappa shape index (κ1) is 17.8. The molecule has 0 spiro atoms. The summed E-state index contributed by atoms with van der Waals surface area (Å²) in [6.45, 7) is 2.19. The third kappa shape index (κ3) is 5.29. The molecule has 0 fully saturated rings. The molecule has 0 aliphatic heterocycles. The van der Waals surface area contributed by atoms with E-state index in [1.165, 1.54) is 6.07 Å². The van der Waals surface area contributed by atoms with Crippen LogP contribution in [-0.2, 0) is 11.3 Å². The van der Waals surface area contributed by atoms with Gasteiger partial charge in [-0.3, -0.25) is 0 Å². The van der Waals surface area contributed by atoms with Crippen molar-refractivity contribution in [1.82, 2.24) is 5.32 Å². The molecule has 24 heavy (non-hydrogen) atoms. The summed E-state index contributed by atoms with van der Waals surface area (Å²) < 4.78 is 18.4. The van der Waals surface area contributed by atoms with Gasteiger partial charge in [0.05, 0.1) is 5.02 Å².